The van der Waals surface area contributed by atoms with Crippen LogP contribution in [0, 0.1) is 23.2 Å². The number of amides is 3. The van der Waals surface area contributed by atoms with Crippen molar-refractivity contribution in [2.45, 2.75) is 101 Å². The number of benzene rings is 1. The molecule has 0 spiro atoms. The van der Waals surface area contributed by atoms with Gasteiger partial charge < -0.3 is 25.0 Å². The highest BCUT2D eigenvalue weighted by molar-refractivity contribution is 9.10. The Hall–Kier alpha value is -2.71. The number of carbonyl (C=O) groups excluding carboxylic acids is 4. The zero-order valence-corrected chi connectivity index (χ0v) is 28.6. The van der Waals surface area contributed by atoms with E-state index in [1.54, 1.807) is 32.9 Å². The summed E-state index contributed by atoms with van der Waals surface area (Å²) in [7, 11) is -3.00. The fourth-order valence-electron chi connectivity index (χ4n) is 6.83. The maximum absolute atomic E-state index is 14.2. The van der Waals surface area contributed by atoms with Crippen LogP contribution in [0.15, 0.2) is 33.6 Å². The van der Waals surface area contributed by atoms with Crippen molar-refractivity contribution >= 4 is 49.9 Å². The van der Waals surface area contributed by atoms with Gasteiger partial charge in [-0.15, -0.1) is 0 Å². The van der Waals surface area contributed by atoms with Gasteiger partial charge in [-0.25, -0.2) is 9.59 Å². The van der Waals surface area contributed by atoms with E-state index in [9.17, 15) is 27.6 Å². The summed E-state index contributed by atoms with van der Waals surface area (Å²) in [6.45, 7) is 7.00. The van der Waals surface area contributed by atoms with Crippen molar-refractivity contribution < 1.29 is 41.3 Å². The average molecular weight is 713 g/mol. The number of carbonyl (C=O) groups is 4. The largest absolute Gasteiger partial charge is 0.467 e. The van der Waals surface area contributed by atoms with Gasteiger partial charge in [-0.3, -0.25) is 13.8 Å². The molecule has 4 fully saturated rings. The lowest BCUT2D eigenvalue weighted by atomic mass is 9.85. The van der Waals surface area contributed by atoms with Gasteiger partial charge in [0, 0.05) is 17.4 Å². The number of rotatable bonds is 10. The van der Waals surface area contributed by atoms with Crippen molar-refractivity contribution in [3.8, 4) is 0 Å². The predicted octanol–water partition coefficient (Wildman–Crippen LogP) is 3.52. The maximum atomic E-state index is 14.2. The highest BCUT2D eigenvalue weighted by atomic mass is 79.9. The second-order valence-corrected chi connectivity index (χ2v) is 16.3. The number of hydrogen-bond acceptors (Lipinski definition) is 9. The first-order chi connectivity index (χ1) is 21.1. The van der Waals surface area contributed by atoms with Gasteiger partial charge >= 0.3 is 12.1 Å². The molecule has 0 radical (unpaired) electrons. The molecule has 3 amide bonds. The summed E-state index contributed by atoms with van der Waals surface area (Å²) in [4.78, 5) is 54.9. The lowest BCUT2D eigenvalue weighted by Crippen LogP contribution is -2.59. The van der Waals surface area contributed by atoms with Gasteiger partial charge in [0.15, 0.2) is 0 Å². The van der Waals surface area contributed by atoms with Crippen LogP contribution < -0.4 is 10.6 Å². The zero-order chi connectivity index (χ0) is 32.9. The van der Waals surface area contributed by atoms with Crippen molar-refractivity contribution in [2.24, 2.45) is 23.2 Å². The van der Waals surface area contributed by atoms with Gasteiger partial charge in [0.05, 0.1) is 18.1 Å². The number of ether oxygens (including phenoxy) is 2. The van der Waals surface area contributed by atoms with Crippen LogP contribution in [0.2, 0.25) is 0 Å². The van der Waals surface area contributed by atoms with Crippen molar-refractivity contribution in [2.75, 3.05) is 13.7 Å². The van der Waals surface area contributed by atoms with Crippen LogP contribution in [0.5, 0.6) is 0 Å². The minimum absolute atomic E-state index is 0.0774. The van der Waals surface area contributed by atoms with Gasteiger partial charge in [0.25, 0.3) is 10.1 Å². The molecule has 1 aliphatic heterocycles. The fourth-order valence-corrected chi connectivity index (χ4v) is 8.17. The minimum Gasteiger partial charge on any atom is -0.467 e. The zero-order valence-electron chi connectivity index (χ0n) is 26.2. The lowest BCUT2D eigenvalue weighted by Gasteiger charge is -2.35. The Kier molecular flexibility index (Phi) is 9.33. The number of esters is 1. The second kappa shape index (κ2) is 12.5. The molecule has 12 nitrogen and oxygen atoms in total. The summed E-state index contributed by atoms with van der Waals surface area (Å²) in [5.74, 6) is -0.725. The summed E-state index contributed by atoms with van der Waals surface area (Å²) in [5.41, 5.74) is -2.01. The summed E-state index contributed by atoms with van der Waals surface area (Å²) in [6, 6.07) is 3.63. The second-order valence-electron chi connectivity index (χ2n) is 13.8. The highest BCUT2D eigenvalue weighted by Crippen LogP contribution is 2.52. The van der Waals surface area contributed by atoms with E-state index in [0.29, 0.717) is 29.2 Å². The molecule has 14 heteroatoms. The van der Waals surface area contributed by atoms with E-state index in [0.717, 1.165) is 12.8 Å². The molecule has 248 valence electrons. The van der Waals surface area contributed by atoms with Gasteiger partial charge in [-0.2, -0.15) is 8.42 Å². The quantitative estimate of drug-likeness (QED) is 0.274. The van der Waals surface area contributed by atoms with Crippen LogP contribution >= 0.6 is 15.9 Å². The Morgan fingerprint density at radius 1 is 1.04 bits per heavy atom. The first-order valence-electron chi connectivity index (χ1n) is 15.4. The van der Waals surface area contributed by atoms with E-state index in [1.807, 2.05) is 6.92 Å². The highest BCUT2D eigenvalue weighted by Gasteiger charge is 2.62. The third-order valence-corrected chi connectivity index (χ3v) is 11.5. The number of alkyl carbamates (subject to hydrolysis) is 1. The number of hydrogen-bond donors (Lipinski definition) is 2. The van der Waals surface area contributed by atoms with Crippen molar-refractivity contribution in [3.05, 3.63) is 28.7 Å². The van der Waals surface area contributed by atoms with E-state index in [-0.39, 0.29) is 29.9 Å². The molecule has 1 saturated heterocycles. The van der Waals surface area contributed by atoms with Crippen molar-refractivity contribution in [1.82, 2.24) is 15.5 Å². The van der Waals surface area contributed by atoms with Crippen LogP contribution in [0.25, 0.3) is 0 Å². The molecular weight excluding hydrogens is 670 g/mol. The molecule has 8 atom stereocenters. The van der Waals surface area contributed by atoms with Crippen LogP contribution in [0.4, 0.5) is 4.79 Å². The van der Waals surface area contributed by atoms with E-state index < -0.39 is 63.1 Å². The molecule has 4 aliphatic rings. The Labute approximate surface area is 272 Å². The lowest BCUT2D eigenvalue weighted by molar-refractivity contribution is -0.148. The molecule has 0 aromatic heterocycles. The van der Waals surface area contributed by atoms with Gasteiger partial charge in [-0.1, -0.05) is 50.0 Å². The smallest absolute Gasteiger partial charge is 0.408 e. The van der Waals surface area contributed by atoms with Crippen LogP contribution in [-0.4, -0.2) is 80.7 Å². The van der Waals surface area contributed by atoms with E-state index in [1.165, 1.54) is 30.6 Å². The molecule has 45 heavy (non-hydrogen) atoms. The topological polar surface area (TPSA) is 157 Å². The normalized spacial score (nSPS) is 31.0. The van der Waals surface area contributed by atoms with Gasteiger partial charge in [-0.05, 0) is 73.1 Å². The number of nitrogens with zero attached hydrogens (tertiary/aromatic N) is 1. The molecule has 5 rings (SSSR count). The fraction of sp³-hybridized carbons (Fsp3) is 0.677. The Morgan fingerprint density at radius 2 is 1.69 bits per heavy atom. The Balaban J connectivity index is 1.37. The van der Waals surface area contributed by atoms with Gasteiger partial charge in [0.1, 0.15) is 23.7 Å². The molecule has 1 unspecified atom stereocenters. The Bertz CT molecular complexity index is 1440. The number of methoxy groups -OCH3 is 1. The monoisotopic (exact) mass is 711 g/mol. The first kappa shape index (κ1) is 33.6. The number of halogens is 1. The van der Waals surface area contributed by atoms with E-state index >= 15 is 0 Å². The number of likely N-dealkylation sites (tertiary alicyclic amines) is 1. The number of fused-ring (bicyclic) bond motifs is 1. The molecule has 2 N–H and O–H groups in total. The van der Waals surface area contributed by atoms with Crippen LogP contribution in [0.3, 0.4) is 0 Å². The van der Waals surface area contributed by atoms with Crippen LogP contribution in [-0.2, 0) is 38.2 Å². The first-order valence-corrected chi connectivity index (χ1v) is 17.6. The summed E-state index contributed by atoms with van der Waals surface area (Å²) in [6.07, 6.45) is 1.69. The van der Waals surface area contributed by atoms with Crippen LogP contribution in [0.1, 0.15) is 66.2 Å². The number of nitrogens with one attached hydrogen (secondary N) is 2. The molecule has 3 saturated carbocycles. The van der Waals surface area contributed by atoms with Gasteiger partial charge in [0.2, 0.25) is 11.8 Å². The van der Waals surface area contributed by atoms with E-state index in [4.69, 9.17) is 13.7 Å². The third kappa shape index (κ3) is 7.17. The minimum atomic E-state index is -4.25. The SMILES string of the molecule is CC[C@@H]1C[C@]1(NC(=O)[C@@H]1C[C@@H](OS(=O)(=O)c2ccc(Br)cc2)CN1C(=O)[C@@H](NC(=O)OC1C[C@@H]2C[C@@H]2C1)C(C)(C)C)C(=O)OC. The van der Waals surface area contributed by atoms with E-state index in [2.05, 4.69) is 26.6 Å². The third-order valence-electron chi connectivity index (χ3n) is 9.56. The Morgan fingerprint density at radius 3 is 2.24 bits per heavy atom. The van der Waals surface area contributed by atoms with Crippen molar-refractivity contribution in [1.29, 1.82) is 0 Å². The molecule has 3 aliphatic carbocycles. The summed E-state index contributed by atoms with van der Waals surface area (Å²) in [5, 5.41) is 5.54. The molecule has 1 aromatic rings. The maximum Gasteiger partial charge on any atom is 0.408 e. The molecule has 1 aromatic carbocycles. The molecular formula is C31H42BrN3O9S. The average Bonchev–Trinajstić information content (AvgIpc) is 3.78. The molecule has 0 bridgehead atoms. The molecule has 1 heterocycles. The summed E-state index contributed by atoms with van der Waals surface area (Å²) < 4.78 is 43.2. The predicted molar refractivity (Wildman–Crippen MR) is 165 cm³/mol. The standard InChI is InChI=1S/C31H42BrN3O9S/c1-6-19-15-31(19,28(38)42-5)34-26(36)24-14-22(44-45(40,41)23-9-7-20(32)8-10-23)16-35(24)27(37)25(30(2,3)4)33-29(39)43-21-12-17-11-18(17)13-21/h7-10,17-19,21-22,24-25H,6,11-16H2,1-5H3,(H,33,39)(H,34,36)/t17-,18+,19-,21?,22-,24+,25-,31-/m1/s1. The van der Waals surface area contributed by atoms with Crippen molar-refractivity contribution in [3.63, 3.8) is 0 Å². The summed E-state index contributed by atoms with van der Waals surface area (Å²) >= 11 is 3.28.